The smallest absolute Gasteiger partial charge is 0.230 e. The zero-order valence-electron chi connectivity index (χ0n) is 17.1. The first kappa shape index (κ1) is 19.6. The number of carbonyl (C=O) groups excluding carboxylic acids is 2. The zero-order chi connectivity index (χ0) is 20.1. The molecule has 0 N–H and O–H groups in total. The van der Waals surface area contributed by atoms with Crippen molar-refractivity contribution in [3.8, 4) is 0 Å². The first-order valence-electron chi connectivity index (χ1n) is 10.2. The van der Waals surface area contributed by atoms with Crippen molar-refractivity contribution in [2.45, 2.75) is 51.9 Å². The van der Waals surface area contributed by atoms with Gasteiger partial charge in [0.15, 0.2) is 0 Å². The van der Waals surface area contributed by atoms with E-state index >= 15 is 0 Å². The first-order chi connectivity index (χ1) is 13.4. The maximum atomic E-state index is 13.3. The van der Waals surface area contributed by atoms with Crippen LogP contribution in [0, 0.1) is 24.7 Å². The molecule has 4 atom stereocenters. The Labute approximate surface area is 170 Å². The van der Waals surface area contributed by atoms with Gasteiger partial charge in [0.25, 0.3) is 0 Å². The summed E-state index contributed by atoms with van der Waals surface area (Å²) in [5, 5.41) is 2.97. The third-order valence-corrected chi connectivity index (χ3v) is 7.36. The highest BCUT2D eigenvalue weighted by molar-refractivity contribution is 7.09. The fraction of sp³-hybridized carbons (Fsp3) is 0.667. The van der Waals surface area contributed by atoms with E-state index in [2.05, 4.69) is 18.8 Å². The molecular weight excluding hydrogens is 374 g/mol. The lowest BCUT2D eigenvalue weighted by Crippen LogP contribution is -2.44. The third-order valence-electron chi connectivity index (χ3n) is 6.54. The van der Waals surface area contributed by atoms with Gasteiger partial charge in [0.1, 0.15) is 5.60 Å². The minimum atomic E-state index is -0.619. The number of aromatic nitrogens is 1. The number of rotatable bonds is 7. The van der Waals surface area contributed by atoms with Gasteiger partial charge in [-0.1, -0.05) is 38.8 Å². The van der Waals surface area contributed by atoms with Crippen LogP contribution >= 0.6 is 11.3 Å². The molecule has 28 heavy (non-hydrogen) atoms. The molecule has 4 heterocycles. The number of hydrogen-bond donors (Lipinski definition) is 0. The molecule has 2 amide bonds. The summed E-state index contributed by atoms with van der Waals surface area (Å²) in [7, 11) is 1.79. The molecule has 2 fully saturated rings. The Morgan fingerprint density at radius 1 is 1.46 bits per heavy atom. The minimum Gasteiger partial charge on any atom is -0.360 e. The molecule has 0 radical (unpaired) electrons. The molecule has 0 aromatic carbocycles. The van der Waals surface area contributed by atoms with Gasteiger partial charge in [-0.05, 0) is 12.8 Å². The molecule has 2 saturated heterocycles. The van der Waals surface area contributed by atoms with Gasteiger partial charge >= 0.3 is 0 Å². The van der Waals surface area contributed by atoms with E-state index in [1.54, 1.807) is 23.3 Å². The maximum absolute atomic E-state index is 13.3. The SMILES string of the molecule is CCC(CC)CN1C[C@]23C=C[C@H](O2)C(C(=O)N(C)Cc2csc(C)n2)C3C1=O. The lowest BCUT2D eigenvalue weighted by atomic mass is 9.76. The van der Waals surface area contributed by atoms with Crippen LogP contribution in [0.25, 0.3) is 0 Å². The molecular formula is C21H29N3O3S. The molecule has 1 spiro atoms. The van der Waals surface area contributed by atoms with Crippen molar-refractivity contribution in [2.75, 3.05) is 20.1 Å². The van der Waals surface area contributed by atoms with Crippen LogP contribution in [-0.4, -0.2) is 58.4 Å². The van der Waals surface area contributed by atoms with Crippen molar-refractivity contribution in [2.24, 2.45) is 17.8 Å². The highest BCUT2D eigenvalue weighted by Crippen LogP contribution is 2.52. The average Bonchev–Trinajstić information content (AvgIpc) is 3.41. The van der Waals surface area contributed by atoms with Gasteiger partial charge in [-0.3, -0.25) is 9.59 Å². The molecule has 0 aliphatic carbocycles. The highest BCUT2D eigenvalue weighted by atomic mass is 32.1. The van der Waals surface area contributed by atoms with Crippen LogP contribution in [0.5, 0.6) is 0 Å². The van der Waals surface area contributed by atoms with E-state index in [1.165, 1.54) is 0 Å². The molecule has 2 unspecified atom stereocenters. The van der Waals surface area contributed by atoms with Crippen molar-refractivity contribution >= 4 is 23.2 Å². The second-order valence-corrected chi connectivity index (χ2v) is 9.42. The Kier molecular flexibility index (Phi) is 5.08. The van der Waals surface area contributed by atoms with E-state index < -0.39 is 17.4 Å². The predicted octanol–water partition coefficient (Wildman–Crippen LogP) is 2.63. The van der Waals surface area contributed by atoms with Crippen LogP contribution in [0.15, 0.2) is 17.5 Å². The molecule has 6 nitrogen and oxygen atoms in total. The zero-order valence-corrected chi connectivity index (χ0v) is 17.9. The summed E-state index contributed by atoms with van der Waals surface area (Å²) in [6.07, 6.45) is 5.82. The van der Waals surface area contributed by atoms with Gasteiger partial charge in [-0.15, -0.1) is 11.3 Å². The van der Waals surface area contributed by atoms with E-state index in [9.17, 15) is 9.59 Å². The lowest BCUT2D eigenvalue weighted by Gasteiger charge is -2.27. The number of hydrogen-bond acceptors (Lipinski definition) is 5. The molecule has 3 aliphatic heterocycles. The number of ether oxygens (including phenoxy) is 1. The molecule has 1 aromatic rings. The van der Waals surface area contributed by atoms with Gasteiger partial charge in [-0.25, -0.2) is 4.98 Å². The number of thiazole rings is 1. The molecule has 4 rings (SSSR count). The van der Waals surface area contributed by atoms with Crippen LogP contribution in [0.3, 0.4) is 0 Å². The molecule has 152 valence electrons. The Morgan fingerprint density at radius 2 is 2.21 bits per heavy atom. The largest absolute Gasteiger partial charge is 0.360 e. The van der Waals surface area contributed by atoms with Gasteiger partial charge in [0.05, 0.1) is 41.7 Å². The standard InChI is InChI=1S/C21H29N3O3S/c1-5-14(6-2)9-24-12-21-8-7-16(27-21)17(18(21)20(24)26)19(25)23(4)10-15-11-28-13(3)22-15/h7-8,11,14,16-18H,5-6,9-10,12H2,1-4H3/t16-,17?,18?,21-/m0/s1. The summed E-state index contributed by atoms with van der Waals surface area (Å²) < 4.78 is 6.24. The number of nitrogens with zero attached hydrogens (tertiary/aromatic N) is 3. The molecule has 7 heteroatoms. The van der Waals surface area contributed by atoms with E-state index in [0.29, 0.717) is 19.0 Å². The summed E-state index contributed by atoms with van der Waals surface area (Å²) in [5.41, 5.74) is 0.271. The van der Waals surface area contributed by atoms with Gasteiger partial charge in [0.2, 0.25) is 11.8 Å². The van der Waals surface area contributed by atoms with Crippen LogP contribution in [-0.2, 0) is 20.9 Å². The first-order valence-corrected chi connectivity index (χ1v) is 11.1. The number of aryl methyl sites for hydroxylation is 1. The topological polar surface area (TPSA) is 62.7 Å². The maximum Gasteiger partial charge on any atom is 0.230 e. The normalized spacial score (nSPS) is 30.5. The van der Waals surface area contributed by atoms with Gasteiger partial charge in [0, 0.05) is 19.0 Å². The quantitative estimate of drug-likeness (QED) is 0.657. The Bertz CT molecular complexity index is 803. The van der Waals surface area contributed by atoms with E-state index in [4.69, 9.17) is 4.74 Å². The molecule has 1 aromatic heterocycles. The highest BCUT2D eigenvalue weighted by Gasteiger charge is 2.67. The van der Waals surface area contributed by atoms with Crippen molar-refractivity contribution in [3.63, 3.8) is 0 Å². The van der Waals surface area contributed by atoms with Crippen molar-refractivity contribution in [1.29, 1.82) is 0 Å². The van der Waals surface area contributed by atoms with E-state index in [1.807, 2.05) is 29.4 Å². The Morgan fingerprint density at radius 3 is 2.86 bits per heavy atom. The third kappa shape index (κ3) is 3.08. The van der Waals surface area contributed by atoms with Gasteiger partial charge in [-0.2, -0.15) is 0 Å². The van der Waals surface area contributed by atoms with E-state index in [0.717, 1.165) is 30.1 Å². The fourth-order valence-electron chi connectivity index (χ4n) is 4.93. The van der Waals surface area contributed by atoms with Crippen LogP contribution < -0.4 is 0 Å². The predicted molar refractivity (Wildman–Crippen MR) is 108 cm³/mol. The van der Waals surface area contributed by atoms with Crippen molar-refractivity contribution in [3.05, 3.63) is 28.2 Å². The number of fused-ring (bicyclic) bond motifs is 1. The number of likely N-dealkylation sites (tertiary alicyclic amines) is 1. The Balaban J connectivity index is 1.52. The van der Waals surface area contributed by atoms with Crippen LogP contribution in [0.4, 0.5) is 0 Å². The number of carbonyl (C=O) groups is 2. The summed E-state index contributed by atoms with van der Waals surface area (Å²) in [6.45, 7) is 8.07. The van der Waals surface area contributed by atoms with Crippen LogP contribution in [0.2, 0.25) is 0 Å². The molecule has 3 aliphatic rings. The van der Waals surface area contributed by atoms with E-state index in [-0.39, 0.29) is 17.9 Å². The summed E-state index contributed by atoms with van der Waals surface area (Å²) >= 11 is 1.58. The van der Waals surface area contributed by atoms with Crippen molar-refractivity contribution in [1.82, 2.24) is 14.8 Å². The minimum absolute atomic E-state index is 0.0235. The van der Waals surface area contributed by atoms with Crippen molar-refractivity contribution < 1.29 is 14.3 Å². The average molecular weight is 404 g/mol. The fourth-order valence-corrected chi connectivity index (χ4v) is 5.53. The lowest BCUT2D eigenvalue weighted by molar-refractivity contribution is -0.143. The monoisotopic (exact) mass is 403 g/mol. The summed E-state index contributed by atoms with van der Waals surface area (Å²) in [4.78, 5) is 34.6. The Hall–Kier alpha value is -1.73. The van der Waals surface area contributed by atoms with Gasteiger partial charge < -0.3 is 14.5 Å². The summed E-state index contributed by atoms with van der Waals surface area (Å²) in [6, 6.07) is 0. The second-order valence-electron chi connectivity index (χ2n) is 8.35. The van der Waals surface area contributed by atoms with Crippen LogP contribution in [0.1, 0.15) is 37.4 Å². The molecule has 0 saturated carbocycles. The molecule has 2 bridgehead atoms. The number of amides is 2. The second kappa shape index (κ2) is 7.26. The summed E-state index contributed by atoms with van der Waals surface area (Å²) in [5.74, 6) is -0.289.